The zero-order chi connectivity index (χ0) is 14.8. The van der Waals surface area contributed by atoms with Crippen molar-refractivity contribution in [1.29, 1.82) is 0 Å². The summed E-state index contributed by atoms with van der Waals surface area (Å²) in [5.74, 6) is 0.0366. The number of carbonyl (C=O) groups is 1. The number of hydrogen-bond acceptors (Lipinski definition) is 4. The van der Waals surface area contributed by atoms with E-state index in [1.807, 2.05) is 6.92 Å². The van der Waals surface area contributed by atoms with Gasteiger partial charge in [0.25, 0.3) is 10.2 Å². The van der Waals surface area contributed by atoms with Gasteiger partial charge in [-0.1, -0.05) is 19.1 Å². The molecule has 2 rings (SSSR count). The number of benzene rings is 1. The van der Waals surface area contributed by atoms with E-state index in [-0.39, 0.29) is 0 Å². The van der Waals surface area contributed by atoms with Gasteiger partial charge in [-0.05, 0) is 29.7 Å². The second-order valence-electron chi connectivity index (χ2n) is 4.41. The normalized spacial score (nSPS) is 20.7. The molecule has 0 saturated heterocycles. The standard InChI is InChI=1S/C13H16N2O4S/c1-3-10-8-14-20(17,18)15-13(10)11-4-6-12(7-5-11)19-9(2)16/h4-8,13-15H,3H2,1-2H3. The zero-order valence-electron chi connectivity index (χ0n) is 11.2. The van der Waals surface area contributed by atoms with Crippen LogP contribution in [0.1, 0.15) is 31.9 Å². The Bertz CT molecular complexity index is 635. The fourth-order valence-corrected chi connectivity index (χ4v) is 2.96. The summed E-state index contributed by atoms with van der Waals surface area (Å²) < 4.78 is 33.0. The maximum atomic E-state index is 11.6. The number of nitrogens with one attached hydrogen (secondary N) is 2. The second-order valence-corrected chi connectivity index (χ2v) is 5.89. The molecule has 1 aliphatic rings. The lowest BCUT2D eigenvalue weighted by Gasteiger charge is -2.26. The van der Waals surface area contributed by atoms with E-state index >= 15 is 0 Å². The smallest absolute Gasteiger partial charge is 0.308 e. The first kappa shape index (κ1) is 14.5. The summed E-state index contributed by atoms with van der Waals surface area (Å²) in [4.78, 5) is 10.9. The molecule has 1 unspecified atom stereocenters. The Morgan fingerprint density at radius 3 is 2.50 bits per heavy atom. The number of carbonyl (C=O) groups excluding carboxylic acids is 1. The first-order chi connectivity index (χ1) is 9.41. The molecular formula is C13H16N2O4S. The van der Waals surface area contributed by atoms with Crippen molar-refractivity contribution in [2.24, 2.45) is 0 Å². The molecule has 0 saturated carbocycles. The van der Waals surface area contributed by atoms with E-state index in [1.54, 1.807) is 24.3 Å². The Morgan fingerprint density at radius 1 is 1.30 bits per heavy atom. The van der Waals surface area contributed by atoms with Crippen molar-refractivity contribution in [1.82, 2.24) is 9.44 Å². The van der Waals surface area contributed by atoms with Crippen LogP contribution in [0.3, 0.4) is 0 Å². The number of rotatable bonds is 3. The van der Waals surface area contributed by atoms with Gasteiger partial charge in [0.15, 0.2) is 0 Å². The summed E-state index contributed by atoms with van der Waals surface area (Å²) in [5, 5.41) is 0. The highest BCUT2D eigenvalue weighted by atomic mass is 32.2. The van der Waals surface area contributed by atoms with Crippen LogP contribution in [0.5, 0.6) is 5.75 Å². The molecule has 2 N–H and O–H groups in total. The molecule has 0 bridgehead atoms. The molecule has 1 aromatic rings. The minimum Gasteiger partial charge on any atom is -0.427 e. The van der Waals surface area contributed by atoms with Gasteiger partial charge in [-0.15, -0.1) is 0 Å². The van der Waals surface area contributed by atoms with Crippen LogP contribution >= 0.6 is 0 Å². The molecule has 0 spiro atoms. The Hall–Kier alpha value is -1.86. The van der Waals surface area contributed by atoms with Crippen LogP contribution in [-0.4, -0.2) is 14.4 Å². The molecule has 7 heteroatoms. The van der Waals surface area contributed by atoms with Crippen molar-refractivity contribution in [3.63, 3.8) is 0 Å². The highest BCUT2D eigenvalue weighted by Gasteiger charge is 2.25. The molecule has 1 aromatic carbocycles. The summed E-state index contributed by atoms with van der Waals surface area (Å²) >= 11 is 0. The summed E-state index contributed by atoms with van der Waals surface area (Å²) in [5.41, 5.74) is 1.72. The highest BCUT2D eigenvalue weighted by molar-refractivity contribution is 7.87. The van der Waals surface area contributed by atoms with E-state index in [1.165, 1.54) is 13.1 Å². The monoisotopic (exact) mass is 296 g/mol. The molecule has 0 radical (unpaired) electrons. The van der Waals surface area contributed by atoms with E-state index in [4.69, 9.17) is 4.74 Å². The molecular weight excluding hydrogens is 280 g/mol. The van der Waals surface area contributed by atoms with Crippen LogP contribution in [0.15, 0.2) is 36.0 Å². The van der Waals surface area contributed by atoms with Gasteiger partial charge in [0.05, 0.1) is 6.04 Å². The van der Waals surface area contributed by atoms with E-state index in [9.17, 15) is 13.2 Å². The summed E-state index contributed by atoms with van der Waals surface area (Å²) in [7, 11) is -3.51. The highest BCUT2D eigenvalue weighted by Crippen LogP contribution is 2.28. The van der Waals surface area contributed by atoms with Gasteiger partial charge in [0, 0.05) is 13.1 Å². The zero-order valence-corrected chi connectivity index (χ0v) is 12.0. The van der Waals surface area contributed by atoms with Crippen molar-refractivity contribution in [3.8, 4) is 5.75 Å². The van der Waals surface area contributed by atoms with Crippen LogP contribution < -0.4 is 14.2 Å². The van der Waals surface area contributed by atoms with Crippen molar-refractivity contribution in [3.05, 3.63) is 41.6 Å². The Labute approximate surface area is 118 Å². The topological polar surface area (TPSA) is 84.5 Å². The molecule has 0 fully saturated rings. The lowest BCUT2D eigenvalue weighted by molar-refractivity contribution is -0.131. The van der Waals surface area contributed by atoms with Crippen molar-refractivity contribution in [2.75, 3.05) is 0 Å². The average molecular weight is 296 g/mol. The van der Waals surface area contributed by atoms with Gasteiger partial charge in [-0.3, -0.25) is 9.52 Å². The lowest BCUT2D eigenvalue weighted by atomic mass is 9.98. The van der Waals surface area contributed by atoms with E-state index in [0.29, 0.717) is 12.2 Å². The summed E-state index contributed by atoms with van der Waals surface area (Å²) in [6.07, 6.45) is 2.22. The number of ether oxygens (including phenoxy) is 1. The second kappa shape index (κ2) is 5.64. The molecule has 0 aromatic heterocycles. The fourth-order valence-electron chi connectivity index (χ4n) is 1.98. The quantitative estimate of drug-likeness (QED) is 0.652. The minimum absolute atomic E-state index is 0.394. The summed E-state index contributed by atoms with van der Waals surface area (Å²) in [6.45, 7) is 3.28. The Balaban J connectivity index is 2.27. The largest absolute Gasteiger partial charge is 0.427 e. The maximum Gasteiger partial charge on any atom is 0.308 e. The molecule has 1 aliphatic heterocycles. The van der Waals surface area contributed by atoms with Crippen LogP contribution in [0.4, 0.5) is 0 Å². The van der Waals surface area contributed by atoms with Crippen molar-refractivity contribution in [2.45, 2.75) is 26.3 Å². The van der Waals surface area contributed by atoms with Crippen molar-refractivity contribution >= 4 is 16.2 Å². The first-order valence-corrected chi connectivity index (χ1v) is 7.66. The van der Waals surface area contributed by atoms with Gasteiger partial charge in [0.2, 0.25) is 0 Å². The lowest BCUT2D eigenvalue weighted by Crippen LogP contribution is -2.41. The third-order valence-electron chi connectivity index (χ3n) is 2.93. The van der Waals surface area contributed by atoms with Crippen molar-refractivity contribution < 1.29 is 17.9 Å². The van der Waals surface area contributed by atoms with Crippen LogP contribution in [-0.2, 0) is 15.0 Å². The molecule has 0 amide bonds. The molecule has 1 heterocycles. The number of esters is 1. The van der Waals surface area contributed by atoms with Crippen LogP contribution in [0, 0.1) is 0 Å². The Morgan fingerprint density at radius 2 is 1.95 bits per heavy atom. The molecule has 108 valence electrons. The van der Waals surface area contributed by atoms with Gasteiger partial charge >= 0.3 is 5.97 Å². The Kier molecular flexibility index (Phi) is 4.10. The number of hydrogen-bond donors (Lipinski definition) is 2. The van der Waals surface area contributed by atoms with Gasteiger partial charge in [0.1, 0.15) is 5.75 Å². The van der Waals surface area contributed by atoms with Gasteiger partial charge < -0.3 is 4.74 Å². The predicted octanol–water partition coefficient (Wildman–Crippen LogP) is 1.38. The van der Waals surface area contributed by atoms with E-state index in [2.05, 4.69) is 9.44 Å². The third-order valence-corrected chi connectivity index (χ3v) is 3.90. The molecule has 20 heavy (non-hydrogen) atoms. The van der Waals surface area contributed by atoms with E-state index < -0.39 is 22.2 Å². The SMILES string of the molecule is CCC1=CNS(=O)(=O)NC1c1ccc(OC(C)=O)cc1. The first-order valence-electron chi connectivity index (χ1n) is 6.18. The van der Waals surface area contributed by atoms with Crippen LogP contribution in [0.25, 0.3) is 0 Å². The molecule has 1 atom stereocenters. The average Bonchev–Trinajstić information content (AvgIpc) is 2.38. The predicted molar refractivity (Wildman–Crippen MR) is 74.1 cm³/mol. The third kappa shape index (κ3) is 3.37. The fraction of sp³-hybridized carbons (Fsp3) is 0.308. The van der Waals surface area contributed by atoms with E-state index in [0.717, 1.165) is 11.1 Å². The van der Waals surface area contributed by atoms with Crippen LogP contribution in [0.2, 0.25) is 0 Å². The minimum atomic E-state index is -3.51. The maximum absolute atomic E-state index is 11.6. The summed E-state index contributed by atoms with van der Waals surface area (Å²) in [6, 6.07) is 6.35. The van der Waals surface area contributed by atoms with Gasteiger partial charge in [-0.2, -0.15) is 13.1 Å². The van der Waals surface area contributed by atoms with Gasteiger partial charge in [-0.25, -0.2) is 0 Å². The molecule has 0 aliphatic carbocycles. The molecule has 6 nitrogen and oxygen atoms in total.